The minimum Gasteiger partial charge on any atom is -0.481 e. The van der Waals surface area contributed by atoms with Gasteiger partial charge >= 0.3 is 5.97 Å². The standard InChI is InChI=1S/C19H22N2O5/c1-13-2-4-14(5-3-13)16-11-20-17(26-16)6-7-18(22)21-8-9-25-12-15(21)10-19(23)24/h2-5,11,15H,6-10,12H2,1H3,(H,23,24). The van der Waals surface area contributed by atoms with E-state index in [0.29, 0.717) is 31.2 Å². The number of aromatic nitrogens is 1. The maximum atomic E-state index is 12.5. The minimum atomic E-state index is -0.936. The highest BCUT2D eigenvalue weighted by Gasteiger charge is 2.29. The Morgan fingerprint density at radius 1 is 1.31 bits per heavy atom. The fourth-order valence-corrected chi connectivity index (χ4v) is 2.99. The van der Waals surface area contributed by atoms with Gasteiger partial charge < -0.3 is 19.2 Å². The number of carbonyl (C=O) groups is 2. The molecule has 138 valence electrons. The van der Waals surface area contributed by atoms with E-state index in [1.807, 2.05) is 31.2 Å². The first-order valence-corrected chi connectivity index (χ1v) is 8.63. The summed E-state index contributed by atoms with van der Waals surface area (Å²) in [4.78, 5) is 29.3. The number of hydrogen-bond acceptors (Lipinski definition) is 5. The fourth-order valence-electron chi connectivity index (χ4n) is 2.99. The largest absolute Gasteiger partial charge is 0.481 e. The van der Waals surface area contributed by atoms with Gasteiger partial charge in [-0.15, -0.1) is 0 Å². The van der Waals surface area contributed by atoms with Crippen LogP contribution in [-0.2, 0) is 20.7 Å². The molecule has 1 saturated heterocycles. The quantitative estimate of drug-likeness (QED) is 0.852. The van der Waals surface area contributed by atoms with Gasteiger partial charge in [0.2, 0.25) is 5.91 Å². The van der Waals surface area contributed by atoms with E-state index < -0.39 is 12.0 Å². The number of nitrogens with zero attached hydrogens (tertiary/aromatic N) is 2. The van der Waals surface area contributed by atoms with Crippen molar-refractivity contribution in [2.75, 3.05) is 19.8 Å². The van der Waals surface area contributed by atoms with Crippen LogP contribution in [0.1, 0.15) is 24.3 Å². The molecule has 1 atom stereocenters. The minimum absolute atomic E-state index is 0.102. The van der Waals surface area contributed by atoms with E-state index in [1.54, 1.807) is 11.1 Å². The molecule has 0 radical (unpaired) electrons. The molecule has 1 aromatic carbocycles. The van der Waals surface area contributed by atoms with Crippen LogP contribution < -0.4 is 0 Å². The molecule has 3 rings (SSSR count). The Balaban J connectivity index is 1.59. The SMILES string of the molecule is Cc1ccc(-c2cnc(CCC(=O)N3CCOCC3CC(=O)O)o2)cc1. The second-order valence-corrected chi connectivity index (χ2v) is 6.40. The molecule has 0 aliphatic carbocycles. The molecule has 26 heavy (non-hydrogen) atoms. The number of aryl methyl sites for hydroxylation is 2. The Hall–Kier alpha value is -2.67. The predicted octanol–water partition coefficient (Wildman–Crippen LogP) is 2.28. The number of amides is 1. The number of morpholine rings is 1. The Morgan fingerprint density at radius 2 is 2.08 bits per heavy atom. The smallest absolute Gasteiger partial charge is 0.305 e. The lowest BCUT2D eigenvalue weighted by molar-refractivity contribution is -0.146. The summed E-state index contributed by atoms with van der Waals surface area (Å²) in [7, 11) is 0. The van der Waals surface area contributed by atoms with E-state index in [-0.39, 0.29) is 25.4 Å². The summed E-state index contributed by atoms with van der Waals surface area (Å²) in [5.41, 5.74) is 2.11. The third-order valence-corrected chi connectivity index (χ3v) is 4.40. The summed E-state index contributed by atoms with van der Waals surface area (Å²) in [6, 6.07) is 7.52. The Kier molecular flexibility index (Phi) is 5.68. The number of hydrogen-bond donors (Lipinski definition) is 1. The van der Waals surface area contributed by atoms with Gasteiger partial charge in [0.1, 0.15) is 0 Å². The zero-order valence-electron chi connectivity index (χ0n) is 14.7. The summed E-state index contributed by atoms with van der Waals surface area (Å²) in [5.74, 6) is 0.128. The molecule has 2 heterocycles. The number of carboxylic acid groups (broad SMARTS) is 1. The summed E-state index contributed by atoms with van der Waals surface area (Å²) in [5, 5.41) is 8.98. The lowest BCUT2D eigenvalue weighted by Gasteiger charge is -2.34. The van der Waals surface area contributed by atoms with Crippen LogP contribution in [0.4, 0.5) is 0 Å². The summed E-state index contributed by atoms with van der Waals surface area (Å²) in [6.45, 7) is 3.12. The molecular weight excluding hydrogens is 336 g/mol. The zero-order valence-corrected chi connectivity index (χ0v) is 14.7. The van der Waals surface area contributed by atoms with Gasteiger partial charge in [-0.1, -0.05) is 29.8 Å². The Bertz CT molecular complexity index is 768. The number of carboxylic acids is 1. The van der Waals surface area contributed by atoms with Crippen molar-refractivity contribution in [1.29, 1.82) is 0 Å². The molecule has 7 nitrogen and oxygen atoms in total. The lowest BCUT2D eigenvalue weighted by atomic mass is 10.1. The normalized spacial score (nSPS) is 17.3. The average Bonchev–Trinajstić information content (AvgIpc) is 3.09. The highest BCUT2D eigenvalue weighted by molar-refractivity contribution is 5.78. The first kappa shape index (κ1) is 18.1. The van der Waals surface area contributed by atoms with Crippen LogP contribution >= 0.6 is 0 Å². The third-order valence-electron chi connectivity index (χ3n) is 4.40. The van der Waals surface area contributed by atoms with Crippen molar-refractivity contribution in [3.8, 4) is 11.3 Å². The Morgan fingerprint density at radius 3 is 2.81 bits per heavy atom. The molecule has 1 amide bonds. The van der Waals surface area contributed by atoms with Crippen molar-refractivity contribution in [2.24, 2.45) is 0 Å². The van der Waals surface area contributed by atoms with Gasteiger partial charge in [0.15, 0.2) is 11.7 Å². The van der Waals surface area contributed by atoms with Crippen LogP contribution in [-0.4, -0.2) is 52.7 Å². The van der Waals surface area contributed by atoms with E-state index in [2.05, 4.69) is 4.98 Å². The number of carbonyl (C=O) groups excluding carboxylic acids is 1. The first-order valence-electron chi connectivity index (χ1n) is 8.63. The van der Waals surface area contributed by atoms with Crippen LogP contribution in [0.3, 0.4) is 0 Å². The van der Waals surface area contributed by atoms with E-state index in [4.69, 9.17) is 14.3 Å². The van der Waals surface area contributed by atoms with Gasteiger partial charge in [-0.25, -0.2) is 4.98 Å². The van der Waals surface area contributed by atoms with Gasteiger partial charge in [0.05, 0.1) is 31.9 Å². The predicted molar refractivity (Wildman–Crippen MR) is 93.6 cm³/mol. The van der Waals surface area contributed by atoms with Crippen molar-refractivity contribution < 1.29 is 23.8 Å². The maximum absolute atomic E-state index is 12.5. The van der Waals surface area contributed by atoms with Crippen LogP contribution in [0.25, 0.3) is 11.3 Å². The number of aliphatic carboxylic acids is 1. The van der Waals surface area contributed by atoms with E-state index in [9.17, 15) is 9.59 Å². The van der Waals surface area contributed by atoms with Gasteiger partial charge in [-0.05, 0) is 6.92 Å². The molecule has 1 aliphatic rings. The molecule has 1 fully saturated rings. The molecule has 2 aromatic rings. The maximum Gasteiger partial charge on any atom is 0.305 e. The van der Waals surface area contributed by atoms with Gasteiger partial charge in [0, 0.05) is 24.9 Å². The molecule has 0 saturated carbocycles. The lowest BCUT2D eigenvalue weighted by Crippen LogP contribution is -2.49. The number of ether oxygens (including phenoxy) is 1. The van der Waals surface area contributed by atoms with Crippen LogP contribution in [0.15, 0.2) is 34.9 Å². The molecule has 1 unspecified atom stereocenters. The summed E-state index contributed by atoms with van der Waals surface area (Å²) < 4.78 is 11.0. The number of rotatable bonds is 6. The van der Waals surface area contributed by atoms with Crippen molar-refractivity contribution >= 4 is 11.9 Å². The van der Waals surface area contributed by atoms with E-state index in [0.717, 1.165) is 5.56 Å². The second kappa shape index (κ2) is 8.14. The molecule has 0 bridgehead atoms. The van der Waals surface area contributed by atoms with Gasteiger partial charge in [-0.2, -0.15) is 0 Å². The van der Waals surface area contributed by atoms with Crippen LogP contribution in [0.2, 0.25) is 0 Å². The molecule has 7 heteroatoms. The van der Waals surface area contributed by atoms with E-state index >= 15 is 0 Å². The third kappa shape index (κ3) is 4.49. The van der Waals surface area contributed by atoms with Crippen molar-refractivity contribution in [1.82, 2.24) is 9.88 Å². The van der Waals surface area contributed by atoms with Crippen molar-refractivity contribution in [2.45, 2.75) is 32.2 Å². The molecule has 1 aliphatic heterocycles. The van der Waals surface area contributed by atoms with Crippen molar-refractivity contribution in [3.63, 3.8) is 0 Å². The topological polar surface area (TPSA) is 92.9 Å². The highest BCUT2D eigenvalue weighted by Crippen LogP contribution is 2.21. The number of benzene rings is 1. The average molecular weight is 358 g/mol. The number of oxazole rings is 1. The van der Waals surface area contributed by atoms with Crippen LogP contribution in [0.5, 0.6) is 0 Å². The van der Waals surface area contributed by atoms with Gasteiger partial charge in [-0.3, -0.25) is 9.59 Å². The van der Waals surface area contributed by atoms with Crippen LogP contribution in [0, 0.1) is 6.92 Å². The molecular formula is C19H22N2O5. The first-order chi connectivity index (χ1) is 12.5. The molecule has 1 aromatic heterocycles. The molecule has 0 spiro atoms. The second-order valence-electron chi connectivity index (χ2n) is 6.40. The summed E-state index contributed by atoms with van der Waals surface area (Å²) in [6.07, 6.45) is 2.15. The van der Waals surface area contributed by atoms with Crippen molar-refractivity contribution in [3.05, 3.63) is 41.9 Å². The highest BCUT2D eigenvalue weighted by atomic mass is 16.5. The molecule has 1 N–H and O–H groups in total. The monoisotopic (exact) mass is 358 g/mol. The summed E-state index contributed by atoms with van der Waals surface area (Å²) >= 11 is 0. The Labute approximate surface area is 151 Å². The van der Waals surface area contributed by atoms with E-state index in [1.165, 1.54) is 5.56 Å². The zero-order chi connectivity index (χ0) is 18.5. The van der Waals surface area contributed by atoms with Gasteiger partial charge in [0.25, 0.3) is 0 Å². The fraction of sp³-hybridized carbons (Fsp3) is 0.421.